The van der Waals surface area contributed by atoms with Crippen molar-refractivity contribution in [3.05, 3.63) is 46.1 Å². The molecule has 0 N–H and O–H groups in total. The average Bonchev–Trinajstić information content (AvgIpc) is 2.66. The third-order valence-electron chi connectivity index (χ3n) is 4.95. The fourth-order valence-electron chi connectivity index (χ4n) is 3.45. The Morgan fingerprint density at radius 2 is 1.81 bits per heavy atom. The van der Waals surface area contributed by atoms with Gasteiger partial charge in [0.25, 0.3) is 0 Å². The summed E-state index contributed by atoms with van der Waals surface area (Å²) in [6, 6.07) is 11.1. The minimum atomic E-state index is 0.886. The largest absolute Gasteiger partial charge is 0.267 e. The summed E-state index contributed by atoms with van der Waals surface area (Å²) in [7, 11) is 4.61. The number of halogens is 1. The lowest BCUT2D eigenvalue weighted by Gasteiger charge is -2.26. The number of quaternary nitrogens is 1. The Labute approximate surface area is 136 Å². The molecule has 2 aromatic carbocycles. The highest BCUT2D eigenvalue weighted by molar-refractivity contribution is 9.10. The second-order valence-corrected chi connectivity index (χ2v) is 7.27. The number of hydrogen-bond donors (Lipinski definition) is 0. The maximum Gasteiger partial charge on any atom is 0.145 e. The van der Waals surface area contributed by atoms with Crippen LogP contribution in [-0.2, 0) is 0 Å². The number of unbranched alkanes of at least 4 members (excludes halogenated alkanes) is 1. The Balaban J connectivity index is 2.32. The quantitative estimate of drug-likeness (QED) is 0.589. The number of hydrogen-bond acceptors (Lipinski definition) is 0. The Morgan fingerprint density at radius 1 is 1.05 bits per heavy atom. The second kappa shape index (κ2) is 5.26. The van der Waals surface area contributed by atoms with E-state index in [1.165, 1.54) is 51.5 Å². The van der Waals surface area contributed by atoms with E-state index in [-0.39, 0.29) is 0 Å². The zero-order chi connectivity index (χ0) is 15.2. The molecular weight excluding hydrogens is 322 g/mol. The van der Waals surface area contributed by atoms with Crippen LogP contribution in [0.15, 0.2) is 40.5 Å². The van der Waals surface area contributed by atoms with E-state index >= 15 is 0 Å². The van der Waals surface area contributed by atoms with Crippen molar-refractivity contribution in [3.63, 3.8) is 0 Å². The van der Waals surface area contributed by atoms with E-state index in [2.05, 4.69) is 74.2 Å². The third-order valence-corrected chi connectivity index (χ3v) is 5.64. The maximum atomic E-state index is 3.70. The lowest BCUT2D eigenvalue weighted by atomic mass is 9.94. The molecule has 21 heavy (non-hydrogen) atoms. The van der Waals surface area contributed by atoms with E-state index in [1.807, 2.05) is 0 Å². The topological polar surface area (TPSA) is 0 Å². The fraction of sp³-hybridized carbons (Fsp3) is 0.368. The number of fused-ring (bicyclic) bond motifs is 3. The van der Waals surface area contributed by atoms with E-state index in [4.69, 9.17) is 0 Å². The molecule has 1 aliphatic heterocycles. The van der Waals surface area contributed by atoms with E-state index in [0.717, 1.165) is 4.48 Å². The number of rotatable bonds is 3. The van der Waals surface area contributed by atoms with Gasteiger partial charge in [0.05, 0.1) is 19.7 Å². The highest BCUT2D eigenvalue weighted by Gasteiger charge is 2.37. The molecule has 0 atom stereocenters. The fourth-order valence-corrected chi connectivity index (χ4v) is 3.95. The predicted molar refractivity (Wildman–Crippen MR) is 97.4 cm³/mol. The van der Waals surface area contributed by atoms with Gasteiger partial charge in [-0.25, -0.2) is 0 Å². The molecule has 0 saturated carbocycles. The van der Waals surface area contributed by atoms with Crippen LogP contribution in [0.25, 0.3) is 16.3 Å². The molecule has 0 aliphatic carbocycles. The molecule has 1 nitrogen and oxygen atoms in total. The molecule has 1 aliphatic rings. The van der Waals surface area contributed by atoms with Gasteiger partial charge in [-0.3, -0.25) is 4.48 Å². The van der Waals surface area contributed by atoms with E-state index < -0.39 is 0 Å². The molecule has 0 radical (unpaired) electrons. The van der Waals surface area contributed by atoms with Gasteiger partial charge in [-0.15, -0.1) is 0 Å². The lowest BCUT2D eigenvalue weighted by Crippen LogP contribution is -2.36. The van der Waals surface area contributed by atoms with Crippen LogP contribution in [0.1, 0.15) is 38.7 Å². The van der Waals surface area contributed by atoms with Gasteiger partial charge in [0, 0.05) is 23.0 Å². The first-order valence-corrected chi connectivity index (χ1v) is 8.54. The third kappa shape index (κ3) is 2.16. The lowest BCUT2D eigenvalue weighted by molar-refractivity contribution is 0.506. The molecule has 0 unspecified atom stereocenters. The molecule has 0 amide bonds. The summed E-state index contributed by atoms with van der Waals surface area (Å²) in [5, 5.41) is 2.70. The Kier molecular flexibility index (Phi) is 3.71. The minimum Gasteiger partial charge on any atom is -0.267 e. The smallest absolute Gasteiger partial charge is 0.145 e. The highest BCUT2D eigenvalue weighted by atomic mass is 79.9. The van der Waals surface area contributed by atoms with Gasteiger partial charge in [-0.2, -0.15) is 0 Å². The summed E-state index contributed by atoms with van der Waals surface area (Å²) in [6.07, 6.45) is 3.69. The monoisotopic (exact) mass is 344 g/mol. The summed E-state index contributed by atoms with van der Waals surface area (Å²) in [6.45, 7) is 4.57. The molecular formula is C19H23BrN+. The van der Waals surface area contributed by atoms with Crippen molar-refractivity contribution >= 4 is 38.0 Å². The van der Waals surface area contributed by atoms with E-state index in [9.17, 15) is 0 Å². The van der Waals surface area contributed by atoms with Crippen molar-refractivity contribution in [2.45, 2.75) is 33.1 Å². The van der Waals surface area contributed by atoms with E-state index in [0.29, 0.717) is 0 Å². The van der Waals surface area contributed by atoms with Crippen molar-refractivity contribution in [1.82, 2.24) is 4.48 Å². The Bertz CT molecular complexity index is 741. The maximum absolute atomic E-state index is 3.70. The molecule has 0 fully saturated rings. The van der Waals surface area contributed by atoms with Gasteiger partial charge in [-0.1, -0.05) is 41.4 Å². The van der Waals surface area contributed by atoms with Crippen molar-refractivity contribution in [2.24, 2.45) is 0 Å². The van der Waals surface area contributed by atoms with Gasteiger partial charge in [-0.05, 0) is 35.7 Å². The minimum absolute atomic E-state index is 0.886. The summed E-state index contributed by atoms with van der Waals surface area (Å²) in [4.78, 5) is 0. The number of allylic oxidation sites excluding steroid dienone is 2. The van der Waals surface area contributed by atoms with Crippen LogP contribution < -0.4 is 4.48 Å². The first-order valence-electron chi connectivity index (χ1n) is 7.75. The molecule has 2 aromatic rings. The molecule has 110 valence electrons. The highest BCUT2D eigenvalue weighted by Crippen LogP contribution is 2.48. The van der Waals surface area contributed by atoms with Gasteiger partial charge >= 0.3 is 0 Å². The SMILES string of the molecule is CCCCC1=C(C)[N+](C)(C)c2ccc3c(Br)cccc3c21. The van der Waals surface area contributed by atoms with Crippen LogP contribution in [-0.4, -0.2) is 14.1 Å². The van der Waals surface area contributed by atoms with Gasteiger partial charge in [0.15, 0.2) is 0 Å². The predicted octanol–water partition coefficient (Wildman–Crippen LogP) is 6.10. The van der Waals surface area contributed by atoms with Crippen LogP contribution in [0.3, 0.4) is 0 Å². The number of nitrogens with zero attached hydrogens (tertiary/aromatic N) is 1. The molecule has 0 aromatic heterocycles. The summed E-state index contributed by atoms with van der Waals surface area (Å²) in [5.74, 6) is 0. The van der Waals surface area contributed by atoms with Crippen molar-refractivity contribution in [3.8, 4) is 0 Å². The second-order valence-electron chi connectivity index (χ2n) is 6.42. The Hall–Kier alpha value is -1.12. The molecule has 0 saturated heterocycles. The van der Waals surface area contributed by atoms with Crippen molar-refractivity contribution < 1.29 is 0 Å². The van der Waals surface area contributed by atoms with Crippen molar-refractivity contribution in [2.75, 3.05) is 14.1 Å². The van der Waals surface area contributed by atoms with Gasteiger partial charge in [0.2, 0.25) is 0 Å². The zero-order valence-electron chi connectivity index (χ0n) is 13.3. The van der Waals surface area contributed by atoms with Crippen LogP contribution in [0.5, 0.6) is 0 Å². The molecule has 2 heteroatoms. The molecule has 1 heterocycles. The first-order chi connectivity index (χ1) is 9.98. The van der Waals surface area contributed by atoms with Crippen LogP contribution >= 0.6 is 15.9 Å². The molecule has 3 rings (SSSR count). The molecule has 0 bridgehead atoms. The van der Waals surface area contributed by atoms with E-state index in [1.54, 1.807) is 5.57 Å². The average molecular weight is 345 g/mol. The van der Waals surface area contributed by atoms with Crippen LogP contribution in [0.4, 0.5) is 5.69 Å². The van der Waals surface area contributed by atoms with Gasteiger partial charge in [0.1, 0.15) is 11.4 Å². The molecule has 0 spiro atoms. The zero-order valence-corrected chi connectivity index (χ0v) is 14.9. The number of benzene rings is 2. The van der Waals surface area contributed by atoms with Crippen molar-refractivity contribution in [1.29, 1.82) is 0 Å². The first kappa shape index (κ1) is 14.8. The van der Waals surface area contributed by atoms with Crippen LogP contribution in [0, 0.1) is 0 Å². The Morgan fingerprint density at radius 3 is 2.52 bits per heavy atom. The van der Waals surface area contributed by atoms with Crippen LogP contribution in [0.2, 0.25) is 0 Å². The normalized spacial score (nSPS) is 16.6. The summed E-state index contributed by atoms with van der Waals surface area (Å²) < 4.78 is 2.07. The standard InChI is InChI=1S/C19H23BrN/c1-5-6-8-14-13(2)21(3,4)18-12-11-15-16(19(14)18)9-7-10-17(15)20/h7,9-12H,5-6,8H2,1-4H3/q+1. The van der Waals surface area contributed by atoms with Gasteiger partial charge < -0.3 is 0 Å². The summed E-state index contributed by atoms with van der Waals surface area (Å²) in [5.41, 5.74) is 5.96. The summed E-state index contributed by atoms with van der Waals surface area (Å²) >= 11 is 3.70.